The molecule has 0 bridgehead atoms. The van der Waals surface area contributed by atoms with E-state index >= 15 is 0 Å². The summed E-state index contributed by atoms with van der Waals surface area (Å²) in [5.74, 6) is -0.442. The van der Waals surface area contributed by atoms with Crippen LogP contribution in [0.2, 0.25) is 5.02 Å². The Kier molecular flexibility index (Phi) is 5.11. The maximum atomic E-state index is 12.6. The molecule has 1 aromatic carbocycles. The molecule has 3 aromatic rings. The highest BCUT2D eigenvalue weighted by molar-refractivity contribution is 6.33. The standard InChI is InChI=1S/C18H19ClN4O3/c1-3-11(24)8-20-17(25)14-9-23-10-15(12-6-4-5-7-13(12)19)22(2)18(26)16(23)21-14/h4-7,9-11,24H,3,8H2,1-2H3,(H,20,25). The smallest absolute Gasteiger partial charge is 0.294 e. The molecule has 2 heterocycles. The molecule has 1 unspecified atom stereocenters. The molecule has 2 N–H and O–H groups in total. The van der Waals surface area contributed by atoms with E-state index in [2.05, 4.69) is 10.3 Å². The fourth-order valence-corrected chi connectivity index (χ4v) is 2.83. The van der Waals surface area contributed by atoms with Gasteiger partial charge in [0.25, 0.3) is 11.5 Å². The number of rotatable bonds is 5. The van der Waals surface area contributed by atoms with Crippen LogP contribution in [-0.2, 0) is 7.05 Å². The average Bonchev–Trinajstić information content (AvgIpc) is 3.07. The zero-order valence-electron chi connectivity index (χ0n) is 14.4. The number of aromatic nitrogens is 3. The third-order valence-electron chi connectivity index (χ3n) is 4.20. The predicted octanol–water partition coefficient (Wildman–Crippen LogP) is 1.85. The normalized spacial score (nSPS) is 12.3. The third kappa shape index (κ3) is 3.36. The summed E-state index contributed by atoms with van der Waals surface area (Å²) in [6.07, 6.45) is 3.12. The molecule has 0 aliphatic heterocycles. The summed E-state index contributed by atoms with van der Waals surface area (Å²) < 4.78 is 2.97. The van der Waals surface area contributed by atoms with Crippen LogP contribution in [0.15, 0.2) is 41.5 Å². The highest BCUT2D eigenvalue weighted by atomic mass is 35.5. The largest absolute Gasteiger partial charge is 0.391 e. The van der Waals surface area contributed by atoms with Crippen LogP contribution >= 0.6 is 11.6 Å². The SMILES string of the molecule is CCC(O)CNC(=O)c1cn2cc(-c3ccccc3Cl)n(C)c(=O)c2n1. The van der Waals surface area contributed by atoms with E-state index in [4.69, 9.17) is 11.6 Å². The number of halogens is 1. The molecule has 3 rings (SSSR count). The topological polar surface area (TPSA) is 88.6 Å². The number of aliphatic hydroxyl groups excluding tert-OH is 1. The molecule has 136 valence electrons. The molecule has 2 aromatic heterocycles. The minimum Gasteiger partial charge on any atom is -0.391 e. The number of nitrogens with one attached hydrogen (secondary N) is 1. The highest BCUT2D eigenvalue weighted by Gasteiger charge is 2.17. The van der Waals surface area contributed by atoms with Crippen LogP contribution in [0.25, 0.3) is 16.9 Å². The summed E-state index contributed by atoms with van der Waals surface area (Å²) in [7, 11) is 1.63. The van der Waals surface area contributed by atoms with Crippen LogP contribution in [-0.4, -0.2) is 37.6 Å². The molecule has 1 amide bonds. The number of carbonyl (C=O) groups excluding carboxylic acids is 1. The van der Waals surface area contributed by atoms with Crippen LogP contribution in [0.3, 0.4) is 0 Å². The zero-order chi connectivity index (χ0) is 18.8. The Morgan fingerprint density at radius 1 is 1.35 bits per heavy atom. The van der Waals surface area contributed by atoms with Crippen molar-refractivity contribution < 1.29 is 9.90 Å². The van der Waals surface area contributed by atoms with Crippen molar-refractivity contribution >= 4 is 23.2 Å². The van der Waals surface area contributed by atoms with E-state index in [1.807, 2.05) is 25.1 Å². The van der Waals surface area contributed by atoms with Gasteiger partial charge in [0.2, 0.25) is 5.65 Å². The summed E-state index contributed by atoms with van der Waals surface area (Å²) in [6.45, 7) is 1.95. The average molecular weight is 375 g/mol. The Hall–Kier alpha value is -2.64. The summed E-state index contributed by atoms with van der Waals surface area (Å²) >= 11 is 6.25. The maximum Gasteiger partial charge on any atom is 0.294 e. The number of hydrogen-bond acceptors (Lipinski definition) is 4. The number of carbonyl (C=O) groups is 1. The highest BCUT2D eigenvalue weighted by Crippen LogP contribution is 2.26. The van der Waals surface area contributed by atoms with E-state index in [1.54, 1.807) is 19.3 Å². The minimum atomic E-state index is -0.615. The first-order valence-corrected chi connectivity index (χ1v) is 8.60. The molecule has 0 aliphatic carbocycles. The fourth-order valence-electron chi connectivity index (χ4n) is 2.60. The number of aliphatic hydroxyl groups is 1. The van der Waals surface area contributed by atoms with Gasteiger partial charge in [0.15, 0.2) is 0 Å². The molecule has 0 saturated heterocycles. The van der Waals surface area contributed by atoms with Crippen molar-refractivity contribution in [2.45, 2.75) is 19.4 Å². The molecular weight excluding hydrogens is 356 g/mol. The monoisotopic (exact) mass is 374 g/mol. The number of imidazole rings is 1. The van der Waals surface area contributed by atoms with Gasteiger partial charge < -0.3 is 15.0 Å². The lowest BCUT2D eigenvalue weighted by Crippen LogP contribution is -2.31. The van der Waals surface area contributed by atoms with E-state index in [0.717, 1.165) is 0 Å². The van der Waals surface area contributed by atoms with Crippen LogP contribution in [0.4, 0.5) is 0 Å². The number of benzene rings is 1. The van der Waals surface area contributed by atoms with Gasteiger partial charge in [-0.15, -0.1) is 0 Å². The Labute approximate surface area is 154 Å². The summed E-state index contributed by atoms with van der Waals surface area (Å²) in [6, 6.07) is 7.21. The fraction of sp³-hybridized carbons (Fsp3) is 0.278. The van der Waals surface area contributed by atoms with Crippen molar-refractivity contribution in [1.29, 1.82) is 0 Å². The molecule has 26 heavy (non-hydrogen) atoms. The lowest BCUT2D eigenvalue weighted by molar-refractivity contribution is 0.0909. The molecule has 8 heteroatoms. The van der Waals surface area contributed by atoms with Crippen LogP contribution < -0.4 is 10.9 Å². The van der Waals surface area contributed by atoms with Gasteiger partial charge >= 0.3 is 0 Å². The van der Waals surface area contributed by atoms with E-state index < -0.39 is 12.0 Å². The van der Waals surface area contributed by atoms with Gasteiger partial charge in [-0.3, -0.25) is 14.0 Å². The first-order chi connectivity index (χ1) is 12.4. The van der Waals surface area contributed by atoms with Gasteiger partial charge in [0, 0.05) is 36.6 Å². The molecule has 0 saturated carbocycles. The van der Waals surface area contributed by atoms with Crippen molar-refractivity contribution in [3.8, 4) is 11.3 Å². The first-order valence-electron chi connectivity index (χ1n) is 8.22. The molecule has 0 spiro atoms. The van der Waals surface area contributed by atoms with Gasteiger partial charge in [0.05, 0.1) is 11.8 Å². The summed E-state index contributed by atoms with van der Waals surface area (Å²) in [4.78, 5) is 29.0. The molecule has 0 radical (unpaired) electrons. The summed E-state index contributed by atoms with van der Waals surface area (Å²) in [5.41, 5.74) is 1.24. The molecule has 0 fully saturated rings. The second-order valence-electron chi connectivity index (χ2n) is 5.99. The van der Waals surface area contributed by atoms with Gasteiger partial charge in [0.1, 0.15) is 5.69 Å². The second kappa shape index (κ2) is 7.31. The lowest BCUT2D eigenvalue weighted by Gasteiger charge is -2.10. The minimum absolute atomic E-state index is 0.113. The van der Waals surface area contributed by atoms with Gasteiger partial charge in [-0.25, -0.2) is 4.98 Å². The predicted molar refractivity (Wildman–Crippen MR) is 99.5 cm³/mol. The van der Waals surface area contributed by atoms with Crippen LogP contribution in [0, 0.1) is 0 Å². The number of nitrogens with zero attached hydrogens (tertiary/aromatic N) is 3. The van der Waals surface area contributed by atoms with E-state index in [0.29, 0.717) is 22.7 Å². The van der Waals surface area contributed by atoms with Gasteiger partial charge in [-0.2, -0.15) is 0 Å². The van der Waals surface area contributed by atoms with Crippen molar-refractivity contribution in [3.05, 3.63) is 57.7 Å². The second-order valence-corrected chi connectivity index (χ2v) is 6.39. The van der Waals surface area contributed by atoms with Crippen molar-refractivity contribution in [2.75, 3.05) is 6.54 Å². The van der Waals surface area contributed by atoms with Gasteiger partial charge in [-0.1, -0.05) is 36.7 Å². The molecule has 0 aliphatic rings. The van der Waals surface area contributed by atoms with E-state index in [-0.39, 0.29) is 23.4 Å². The number of fused-ring (bicyclic) bond motifs is 1. The van der Waals surface area contributed by atoms with E-state index in [9.17, 15) is 14.7 Å². The maximum absolute atomic E-state index is 12.6. The summed E-state index contributed by atoms with van der Waals surface area (Å²) in [5, 5.41) is 12.7. The van der Waals surface area contributed by atoms with Crippen molar-refractivity contribution in [2.24, 2.45) is 7.05 Å². The van der Waals surface area contributed by atoms with Crippen molar-refractivity contribution in [1.82, 2.24) is 19.3 Å². The number of amides is 1. The number of hydrogen-bond donors (Lipinski definition) is 2. The van der Waals surface area contributed by atoms with Crippen LogP contribution in [0.1, 0.15) is 23.8 Å². The Morgan fingerprint density at radius 3 is 2.77 bits per heavy atom. The molecular formula is C18H19ClN4O3. The first kappa shape index (κ1) is 18.2. The lowest BCUT2D eigenvalue weighted by atomic mass is 10.1. The van der Waals surface area contributed by atoms with Crippen LogP contribution in [0.5, 0.6) is 0 Å². The van der Waals surface area contributed by atoms with Gasteiger partial charge in [-0.05, 0) is 12.5 Å². The van der Waals surface area contributed by atoms with E-state index in [1.165, 1.54) is 15.2 Å². The van der Waals surface area contributed by atoms with Crippen molar-refractivity contribution in [3.63, 3.8) is 0 Å². The molecule has 7 nitrogen and oxygen atoms in total. The Balaban J connectivity index is 2.03. The zero-order valence-corrected chi connectivity index (χ0v) is 15.2. The Bertz CT molecular complexity index is 1020. The Morgan fingerprint density at radius 2 is 2.08 bits per heavy atom. The molecule has 1 atom stereocenters. The third-order valence-corrected chi connectivity index (χ3v) is 4.53. The quantitative estimate of drug-likeness (QED) is 0.713.